The van der Waals surface area contributed by atoms with E-state index in [2.05, 4.69) is 78.1 Å². The molecule has 1 aliphatic rings. The first-order valence-corrected chi connectivity index (χ1v) is 31.7. The number of guanidine groups is 1. The van der Waals surface area contributed by atoms with Crippen LogP contribution in [0.2, 0.25) is 0 Å². The highest BCUT2D eigenvalue weighted by molar-refractivity contribution is 7.80. The number of unbranched alkanes of at least 4 members (excludes halogenated alkanes) is 1. The summed E-state index contributed by atoms with van der Waals surface area (Å²) in [6.45, 7) is 1.47. The fourth-order valence-corrected chi connectivity index (χ4v) is 10.1. The van der Waals surface area contributed by atoms with Crippen LogP contribution in [0.3, 0.4) is 0 Å². The fourth-order valence-electron chi connectivity index (χ4n) is 9.63. The molecule has 34 nitrogen and oxygen atoms in total. The molecule has 1 fully saturated rings. The number of aliphatic imine (C=N–C) groups is 1. The van der Waals surface area contributed by atoms with Crippen molar-refractivity contribution in [3.05, 3.63) is 65.7 Å². The summed E-state index contributed by atoms with van der Waals surface area (Å²) in [7, 11) is 0. The molecule has 22 N–H and O–H groups in total. The summed E-state index contributed by atoms with van der Waals surface area (Å²) in [5.41, 5.74) is 23.2. The van der Waals surface area contributed by atoms with E-state index in [1.807, 2.05) is 0 Å². The lowest BCUT2D eigenvalue weighted by atomic mass is 10.0. The number of nitrogens with zero attached hydrogens (tertiary/aromatic N) is 2. The summed E-state index contributed by atoms with van der Waals surface area (Å²) >= 11 is 8.43. The van der Waals surface area contributed by atoms with Crippen LogP contribution in [-0.2, 0) is 80.0 Å². The maximum Gasteiger partial charge on any atom is 0.326 e. The van der Waals surface area contributed by atoms with Crippen molar-refractivity contribution in [1.29, 1.82) is 0 Å². The van der Waals surface area contributed by atoms with Gasteiger partial charge in [0.1, 0.15) is 66.2 Å². The summed E-state index contributed by atoms with van der Waals surface area (Å²) in [4.78, 5) is 192. The number of phenols is 1. The molecule has 10 amide bonds. The van der Waals surface area contributed by atoms with Crippen molar-refractivity contribution >= 4 is 114 Å². The van der Waals surface area contributed by atoms with Gasteiger partial charge in [-0.3, -0.25) is 67.3 Å². The van der Waals surface area contributed by atoms with Crippen molar-refractivity contribution in [2.75, 3.05) is 31.1 Å². The number of likely N-dealkylation sites (tertiary alicyclic amines) is 1. The van der Waals surface area contributed by atoms with Crippen molar-refractivity contribution < 1.29 is 92.7 Å². The molecule has 0 radical (unpaired) electrons. The Morgan fingerprint density at radius 1 is 0.505 bits per heavy atom. The molecule has 0 bridgehead atoms. The van der Waals surface area contributed by atoms with E-state index in [4.69, 9.17) is 22.9 Å². The summed E-state index contributed by atoms with van der Waals surface area (Å²) < 4.78 is 0. The monoisotopic (exact) mass is 1370 g/mol. The molecule has 0 spiro atoms. The average molecular weight is 1370 g/mol. The van der Waals surface area contributed by atoms with E-state index in [9.17, 15) is 92.7 Å². The summed E-state index contributed by atoms with van der Waals surface area (Å²) in [6.07, 6.45) is -3.27. The molecule has 2 aromatic rings. The van der Waals surface area contributed by atoms with Crippen LogP contribution in [0.5, 0.6) is 5.75 Å². The van der Waals surface area contributed by atoms with Gasteiger partial charge in [-0.2, -0.15) is 25.3 Å². The molecule has 11 atom stereocenters. The molecule has 36 heteroatoms. The first kappa shape index (κ1) is 79.9. The van der Waals surface area contributed by atoms with Crippen LogP contribution >= 0.6 is 25.3 Å². The molecular formula is C59H87N15O19S2. The van der Waals surface area contributed by atoms with Gasteiger partial charge < -0.3 is 101 Å². The smallest absolute Gasteiger partial charge is 0.326 e. The summed E-state index contributed by atoms with van der Waals surface area (Å²) in [6, 6.07) is -3.11. The van der Waals surface area contributed by atoms with Gasteiger partial charge in [-0.15, -0.1) is 0 Å². The predicted molar refractivity (Wildman–Crippen MR) is 346 cm³/mol. The Labute approximate surface area is 557 Å². The van der Waals surface area contributed by atoms with Gasteiger partial charge in [-0.25, -0.2) is 4.79 Å². The first-order chi connectivity index (χ1) is 45.0. The third-order valence-electron chi connectivity index (χ3n) is 14.8. The quantitative estimate of drug-likeness (QED) is 0.0129. The third-order valence-corrected chi connectivity index (χ3v) is 15.5. The van der Waals surface area contributed by atoms with Crippen molar-refractivity contribution in [2.45, 2.75) is 170 Å². The number of carboxylic acid groups (broad SMARTS) is 4. The number of nitrogens with two attached hydrogens (primary N) is 4. The number of nitrogens with one attached hydrogen (secondary N) is 9. The minimum absolute atomic E-state index is 0.0223. The van der Waals surface area contributed by atoms with Crippen LogP contribution in [0.1, 0.15) is 102 Å². The van der Waals surface area contributed by atoms with Crippen LogP contribution in [0.4, 0.5) is 0 Å². The molecule has 0 aliphatic carbocycles. The van der Waals surface area contributed by atoms with Gasteiger partial charge in [-0.1, -0.05) is 42.5 Å². The number of hydrogen-bond acceptors (Lipinski definition) is 20. The maximum absolute atomic E-state index is 14.7. The lowest BCUT2D eigenvalue weighted by molar-refractivity contribution is -0.150. The second-order valence-electron chi connectivity index (χ2n) is 22.3. The van der Waals surface area contributed by atoms with Crippen molar-refractivity contribution in [3.8, 4) is 5.75 Å². The molecule has 0 saturated carbocycles. The Hall–Kier alpha value is -9.29. The highest BCUT2D eigenvalue weighted by atomic mass is 32.1. The van der Waals surface area contributed by atoms with Gasteiger partial charge in [0.15, 0.2) is 5.96 Å². The minimum Gasteiger partial charge on any atom is -0.508 e. The highest BCUT2D eigenvalue weighted by Gasteiger charge is 2.40. The number of benzene rings is 2. The van der Waals surface area contributed by atoms with Gasteiger partial charge in [0.05, 0.1) is 6.04 Å². The number of carbonyl (C=O) groups is 14. The number of phenolic OH excluding ortho intramolecular Hbond substituents is 1. The number of aromatic hydroxyl groups is 1. The highest BCUT2D eigenvalue weighted by Crippen LogP contribution is 2.21. The second kappa shape index (κ2) is 41.4. The number of rotatable bonds is 43. The lowest BCUT2D eigenvalue weighted by Crippen LogP contribution is -2.61. The number of hydrogen-bond donors (Lipinski definition) is 20. The number of aliphatic carboxylic acids is 4. The molecule has 1 aliphatic heterocycles. The minimum atomic E-state index is -1.79. The zero-order valence-corrected chi connectivity index (χ0v) is 54.0. The normalized spacial score (nSPS) is 15.7. The van der Waals surface area contributed by atoms with Gasteiger partial charge in [0.25, 0.3) is 0 Å². The molecule has 1 heterocycles. The largest absolute Gasteiger partial charge is 0.508 e. The molecule has 2 aromatic carbocycles. The zero-order chi connectivity index (χ0) is 70.9. The van der Waals surface area contributed by atoms with Crippen LogP contribution in [0.25, 0.3) is 0 Å². The Bertz CT molecular complexity index is 3020. The summed E-state index contributed by atoms with van der Waals surface area (Å²) in [5.74, 6) is -16.7. The van der Waals surface area contributed by atoms with E-state index in [1.54, 1.807) is 30.3 Å². The van der Waals surface area contributed by atoms with Gasteiger partial charge >= 0.3 is 23.9 Å². The topological polar surface area (TPSA) is 568 Å². The summed E-state index contributed by atoms with van der Waals surface area (Å²) in [5, 5.41) is 70.7. The molecule has 524 valence electrons. The van der Waals surface area contributed by atoms with E-state index < -0.39 is 199 Å². The Morgan fingerprint density at radius 3 is 1.28 bits per heavy atom. The van der Waals surface area contributed by atoms with Crippen LogP contribution in [-0.4, -0.2) is 217 Å². The zero-order valence-electron chi connectivity index (χ0n) is 52.2. The Kier molecular flexibility index (Phi) is 34.9. The Balaban J connectivity index is 1.97. The molecule has 3 rings (SSSR count). The third kappa shape index (κ3) is 28.9. The standard InChI is InChI=1S/C59H87N15O19S2/c1-31(61)48(82)65-37(18-21-45(76)77)51(85)66-36(12-7-25-64-59(62)63)50(84)70-40(27-32-9-3-2-4-10-32)54(88)71-41(28-33-14-16-34(75)17-15-33)53(87)68-38(19-22-46(78)79)52(86)72-43(30-95)56(90)73-42(29-94)55(89)67-35(11-5-6-24-60)49(83)69-39(20-23-47(80)81)57(91)74-26-8-13-44(74)58(92)93/h2-4,9-10,14-17,31,35-44,75,94-95H,5-8,11-13,18-30,60-61H2,1H3,(H,65,82)(H,66,85)(H,67,89)(H,68,87)(H,69,83)(H,70,84)(H,71,88)(H,72,86)(H,73,90)(H,76,77)(H,78,79)(H,80,81)(H,92,93)(H4,62,63,64)/t31-,35-,36-,37-,38-,39-,40-,41-,42-,43-,44-/m0/s1. The molecular weight excluding hydrogens is 1290 g/mol. The first-order valence-electron chi connectivity index (χ1n) is 30.4. The van der Waals surface area contributed by atoms with Crippen molar-refractivity contribution in [1.82, 2.24) is 52.8 Å². The fraction of sp³-hybridized carbons (Fsp3) is 0.542. The molecule has 0 aromatic heterocycles. The molecule has 95 heavy (non-hydrogen) atoms. The lowest BCUT2D eigenvalue weighted by Gasteiger charge is -2.29. The second-order valence-corrected chi connectivity index (χ2v) is 23.1. The van der Waals surface area contributed by atoms with Crippen LogP contribution in [0.15, 0.2) is 59.6 Å². The molecule has 1 saturated heterocycles. The van der Waals surface area contributed by atoms with E-state index in [-0.39, 0.29) is 76.3 Å². The van der Waals surface area contributed by atoms with Crippen LogP contribution in [0, 0.1) is 0 Å². The number of carbonyl (C=O) groups excluding carboxylic acids is 10. The number of thiol groups is 2. The maximum atomic E-state index is 14.7. The molecule has 0 unspecified atom stereocenters. The van der Waals surface area contributed by atoms with E-state index >= 15 is 0 Å². The van der Waals surface area contributed by atoms with Crippen molar-refractivity contribution in [2.24, 2.45) is 27.9 Å². The van der Waals surface area contributed by atoms with E-state index in [0.29, 0.717) is 24.0 Å². The van der Waals surface area contributed by atoms with Gasteiger partial charge in [0, 0.05) is 56.7 Å². The van der Waals surface area contributed by atoms with Crippen molar-refractivity contribution in [3.63, 3.8) is 0 Å². The SMILES string of the molecule is C[C@H](N)C(=O)N[C@@H](CCC(=O)O)C(=O)N[C@@H](CCCN=C(N)N)C(=O)N[C@@H](Cc1ccccc1)C(=O)N[C@@H](Cc1ccc(O)cc1)C(=O)N[C@@H](CCC(=O)O)C(=O)N[C@@H](CS)C(=O)N[C@@H](CS)C(=O)N[C@@H](CCCCN)C(=O)N[C@@H](CCC(=O)O)C(=O)N1CCC[C@H]1C(=O)O. The van der Waals surface area contributed by atoms with E-state index in [0.717, 1.165) is 4.90 Å². The number of amides is 10. The average Bonchev–Trinajstić information content (AvgIpc) is 1.86. The Morgan fingerprint density at radius 2 is 0.874 bits per heavy atom. The van der Waals surface area contributed by atoms with Gasteiger partial charge in [-0.05, 0) is 101 Å². The number of carboxylic acids is 4. The predicted octanol–water partition coefficient (Wildman–Crippen LogP) is -4.40. The van der Waals surface area contributed by atoms with Gasteiger partial charge in [0.2, 0.25) is 59.1 Å². The van der Waals surface area contributed by atoms with Crippen LogP contribution < -0.4 is 70.8 Å². The van der Waals surface area contributed by atoms with E-state index in [1.165, 1.54) is 31.2 Å².